The number of nitrogens with zero attached hydrogens (tertiary/aromatic N) is 3. The lowest BCUT2D eigenvalue weighted by atomic mass is 10.1. The van der Waals surface area contributed by atoms with Crippen LogP contribution in [0.5, 0.6) is 0 Å². The number of rotatable bonds is 6. The van der Waals surface area contributed by atoms with Gasteiger partial charge in [0.25, 0.3) is 0 Å². The SMILES string of the molecule is CCc1nc2c(c(NCC(O)CN3CCCC3)n1)CCNCC2. The molecule has 2 aliphatic rings. The lowest BCUT2D eigenvalue weighted by Crippen LogP contribution is -2.34. The third-order valence-corrected chi connectivity index (χ3v) is 4.72. The van der Waals surface area contributed by atoms with Gasteiger partial charge in [-0.15, -0.1) is 0 Å². The number of fused-ring (bicyclic) bond motifs is 1. The molecule has 1 atom stereocenters. The number of likely N-dealkylation sites (tertiary alicyclic amines) is 1. The molecule has 0 spiro atoms. The van der Waals surface area contributed by atoms with Crippen molar-refractivity contribution in [3.05, 3.63) is 17.1 Å². The van der Waals surface area contributed by atoms with Crippen molar-refractivity contribution in [1.29, 1.82) is 0 Å². The third kappa shape index (κ3) is 4.40. The highest BCUT2D eigenvalue weighted by atomic mass is 16.3. The zero-order valence-electron chi connectivity index (χ0n) is 14.1. The number of anilines is 1. The average molecular weight is 319 g/mol. The Morgan fingerprint density at radius 3 is 2.78 bits per heavy atom. The van der Waals surface area contributed by atoms with E-state index in [1.54, 1.807) is 0 Å². The van der Waals surface area contributed by atoms with Crippen molar-refractivity contribution < 1.29 is 5.11 Å². The van der Waals surface area contributed by atoms with E-state index >= 15 is 0 Å². The summed E-state index contributed by atoms with van der Waals surface area (Å²) in [7, 11) is 0. The van der Waals surface area contributed by atoms with E-state index < -0.39 is 0 Å². The Hall–Kier alpha value is -1.24. The zero-order valence-corrected chi connectivity index (χ0v) is 14.1. The molecule has 3 heterocycles. The summed E-state index contributed by atoms with van der Waals surface area (Å²) < 4.78 is 0. The summed E-state index contributed by atoms with van der Waals surface area (Å²) >= 11 is 0. The Labute approximate surface area is 138 Å². The molecule has 0 saturated carbocycles. The van der Waals surface area contributed by atoms with Gasteiger partial charge in [-0.1, -0.05) is 6.92 Å². The van der Waals surface area contributed by atoms with Crippen LogP contribution in [0, 0.1) is 0 Å². The minimum atomic E-state index is -0.354. The number of aliphatic hydroxyl groups excluding tert-OH is 1. The molecule has 1 saturated heterocycles. The van der Waals surface area contributed by atoms with Gasteiger partial charge in [0, 0.05) is 38.0 Å². The zero-order chi connectivity index (χ0) is 16.1. The average Bonchev–Trinajstić information content (AvgIpc) is 2.94. The van der Waals surface area contributed by atoms with Crippen LogP contribution in [-0.4, -0.2) is 65.3 Å². The molecule has 6 nitrogen and oxygen atoms in total. The molecule has 3 rings (SSSR count). The first-order valence-electron chi connectivity index (χ1n) is 9.00. The number of aryl methyl sites for hydroxylation is 1. The quantitative estimate of drug-likeness (QED) is 0.713. The van der Waals surface area contributed by atoms with Crippen LogP contribution in [0.1, 0.15) is 36.8 Å². The van der Waals surface area contributed by atoms with E-state index in [4.69, 9.17) is 4.98 Å². The monoisotopic (exact) mass is 319 g/mol. The Morgan fingerprint density at radius 2 is 2.00 bits per heavy atom. The van der Waals surface area contributed by atoms with Gasteiger partial charge in [-0.3, -0.25) is 0 Å². The number of hydrogen-bond acceptors (Lipinski definition) is 6. The normalized spacial score (nSPS) is 20.1. The van der Waals surface area contributed by atoms with Crippen LogP contribution < -0.4 is 10.6 Å². The van der Waals surface area contributed by atoms with Gasteiger partial charge in [0.1, 0.15) is 11.6 Å². The molecule has 128 valence electrons. The maximum absolute atomic E-state index is 10.3. The second kappa shape index (κ2) is 8.04. The molecule has 0 aromatic carbocycles. The van der Waals surface area contributed by atoms with Crippen LogP contribution in [0.3, 0.4) is 0 Å². The summed E-state index contributed by atoms with van der Waals surface area (Å²) in [5, 5.41) is 17.1. The predicted molar refractivity (Wildman–Crippen MR) is 91.9 cm³/mol. The fourth-order valence-corrected chi connectivity index (χ4v) is 3.44. The lowest BCUT2D eigenvalue weighted by molar-refractivity contribution is 0.135. The highest BCUT2D eigenvalue weighted by molar-refractivity contribution is 5.47. The van der Waals surface area contributed by atoms with E-state index in [2.05, 4.69) is 27.4 Å². The van der Waals surface area contributed by atoms with E-state index in [-0.39, 0.29) is 6.10 Å². The van der Waals surface area contributed by atoms with Crippen LogP contribution in [0.25, 0.3) is 0 Å². The minimum absolute atomic E-state index is 0.354. The molecule has 23 heavy (non-hydrogen) atoms. The van der Waals surface area contributed by atoms with Crippen LogP contribution in [-0.2, 0) is 19.3 Å². The van der Waals surface area contributed by atoms with Crippen molar-refractivity contribution in [3.63, 3.8) is 0 Å². The third-order valence-electron chi connectivity index (χ3n) is 4.72. The first-order valence-corrected chi connectivity index (χ1v) is 9.00. The van der Waals surface area contributed by atoms with E-state index in [0.717, 1.165) is 63.6 Å². The van der Waals surface area contributed by atoms with E-state index in [1.807, 2.05) is 0 Å². The first-order chi connectivity index (χ1) is 11.3. The summed E-state index contributed by atoms with van der Waals surface area (Å²) in [6.07, 6.45) is 4.90. The van der Waals surface area contributed by atoms with Crippen LogP contribution in [0.2, 0.25) is 0 Å². The highest BCUT2D eigenvalue weighted by Crippen LogP contribution is 2.20. The Morgan fingerprint density at radius 1 is 1.22 bits per heavy atom. The van der Waals surface area contributed by atoms with Crippen LogP contribution >= 0.6 is 0 Å². The molecule has 6 heteroatoms. The highest BCUT2D eigenvalue weighted by Gasteiger charge is 2.19. The predicted octanol–water partition coefficient (Wildman–Crippen LogP) is 0.596. The molecule has 0 aliphatic carbocycles. The minimum Gasteiger partial charge on any atom is -0.390 e. The maximum atomic E-state index is 10.3. The molecule has 0 bridgehead atoms. The Balaban J connectivity index is 1.65. The van der Waals surface area contributed by atoms with Crippen molar-refractivity contribution >= 4 is 5.82 Å². The fraction of sp³-hybridized carbons (Fsp3) is 0.765. The molecule has 1 unspecified atom stereocenters. The van der Waals surface area contributed by atoms with Gasteiger partial charge in [0.15, 0.2) is 0 Å². The standard InChI is InChI=1S/C17H29N5O/c1-2-16-20-15-6-8-18-7-5-14(15)17(21-16)19-11-13(23)12-22-9-3-4-10-22/h13,18,23H,2-12H2,1H3,(H,19,20,21). The van der Waals surface area contributed by atoms with Gasteiger partial charge in [-0.05, 0) is 38.9 Å². The van der Waals surface area contributed by atoms with Crippen LogP contribution in [0.4, 0.5) is 5.82 Å². The fourth-order valence-electron chi connectivity index (χ4n) is 3.44. The number of aliphatic hydroxyl groups is 1. The number of hydrogen-bond donors (Lipinski definition) is 3. The lowest BCUT2D eigenvalue weighted by Gasteiger charge is -2.21. The maximum Gasteiger partial charge on any atom is 0.133 e. The van der Waals surface area contributed by atoms with Gasteiger partial charge < -0.3 is 20.6 Å². The summed E-state index contributed by atoms with van der Waals surface area (Å²) in [6, 6.07) is 0. The molecule has 0 amide bonds. The molecular formula is C17H29N5O. The van der Waals surface area contributed by atoms with Crippen molar-refractivity contribution in [2.75, 3.05) is 44.6 Å². The first kappa shape index (κ1) is 16.6. The number of aromatic nitrogens is 2. The van der Waals surface area contributed by atoms with Crippen molar-refractivity contribution in [1.82, 2.24) is 20.2 Å². The summed E-state index contributed by atoms with van der Waals surface area (Å²) in [4.78, 5) is 11.7. The van der Waals surface area contributed by atoms with E-state index in [1.165, 1.54) is 24.1 Å². The summed E-state index contributed by atoms with van der Waals surface area (Å²) in [6.45, 7) is 7.57. The Bertz CT molecular complexity index is 516. The van der Waals surface area contributed by atoms with Gasteiger partial charge in [-0.2, -0.15) is 0 Å². The number of nitrogens with one attached hydrogen (secondary N) is 2. The molecule has 2 aliphatic heterocycles. The molecule has 3 N–H and O–H groups in total. The van der Waals surface area contributed by atoms with Gasteiger partial charge in [0.2, 0.25) is 0 Å². The van der Waals surface area contributed by atoms with Gasteiger partial charge in [0.05, 0.1) is 11.8 Å². The van der Waals surface area contributed by atoms with E-state index in [9.17, 15) is 5.11 Å². The Kier molecular flexibility index (Phi) is 5.80. The summed E-state index contributed by atoms with van der Waals surface area (Å²) in [5.41, 5.74) is 2.39. The van der Waals surface area contributed by atoms with Gasteiger partial charge in [-0.25, -0.2) is 9.97 Å². The van der Waals surface area contributed by atoms with E-state index in [0.29, 0.717) is 6.54 Å². The van der Waals surface area contributed by atoms with Crippen LogP contribution in [0.15, 0.2) is 0 Å². The second-order valence-corrected chi connectivity index (χ2v) is 6.56. The molecule has 1 aromatic heterocycles. The molecular weight excluding hydrogens is 290 g/mol. The number of β-amino-alcohol motifs (C(OH)–C–C–N with tert-alkyl or cyclic N) is 1. The van der Waals surface area contributed by atoms with Gasteiger partial charge >= 0.3 is 0 Å². The second-order valence-electron chi connectivity index (χ2n) is 6.56. The smallest absolute Gasteiger partial charge is 0.133 e. The van der Waals surface area contributed by atoms with Crippen molar-refractivity contribution in [2.24, 2.45) is 0 Å². The largest absolute Gasteiger partial charge is 0.390 e. The molecule has 0 radical (unpaired) electrons. The molecule has 1 aromatic rings. The van der Waals surface area contributed by atoms with Crippen molar-refractivity contribution in [2.45, 2.75) is 45.1 Å². The summed E-state index contributed by atoms with van der Waals surface area (Å²) in [5.74, 6) is 1.82. The molecule has 1 fully saturated rings. The van der Waals surface area contributed by atoms with Crippen molar-refractivity contribution in [3.8, 4) is 0 Å². The topological polar surface area (TPSA) is 73.3 Å².